The van der Waals surface area contributed by atoms with Crippen molar-refractivity contribution in [2.75, 3.05) is 0 Å². The number of aromatic nitrogens is 3. The second-order valence-electron chi connectivity index (χ2n) is 12.3. The summed E-state index contributed by atoms with van der Waals surface area (Å²) >= 11 is 0. The van der Waals surface area contributed by atoms with Gasteiger partial charge in [0.15, 0.2) is 17.5 Å². The van der Waals surface area contributed by atoms with E-state index < -0.39 is 0 Å². The van der Waals surface area contributed by atoms with Gasteiger partial charge in [-0.15, -0.1) is 0 Å². The highest BCUT2D eigenvalue weighted by Crippen LogP contribution is 2.45. The van der Waals surface area contributed by atoms with Gasteiger partial charge in [-0.2, -0.15) is 0 Å². The molecule has 2 aromatic heterocycles. The van der Waals surface area contributed by atoms with E-state index in [1.165, 1.54) is 33.0 Å². The number of nitrogens with zero attached hydrogens (tertiary/aromatic N) is 3. The lowest BCUT2D eigenvalue weighted by Gasteiger charge is -2.26. The fraction of sp³-hybridized carbons (Fsp3) is 0.0465. The quantitative estimate of drug-likeness (QED) is 0.201. The molecular weight excluding hydrogens is 574 g/mol. The van der Waals surface area contributed by atoms with Crippen molar-refractivity contribution in [1.82, 2.24) is 15.0 Å². The molecule has 0 bridgehead atoms. The van der Waals surface area contributed by atoms with Crippen molar-refractivity contribution in [3.63, 3.8) is 0 Å². The van der Waals surface area contributed by atoms with Crippen molar-refractivity contribution in [3.05, 3.63) is 150 Å². The van der Waals surface area contributed by atoms with Crippen LogP contribution in [0.4, 0.5) is 0 Å². The lowest BCUT2D eigenvalue weighted by atomic mass is 9.77. The highest BCUT2D eigenvalue weighted by Gasteiger charge is 2.24. The molecule has 0 saturated carbocycles. The van der Waals surface area contributed by atoms with E-state index >= 15 is 0 Å². The predicted molar refractivity (Wildman–Crippen MR) is 192 cm³/mol. The van der Waals surface area contributed by atoms with Gasteiger partial charge in [0.2, 0.25) is 0 Å². The van der Waals surface area contributed by atoms with Crippen molar-refractivity contribution in [2.24, 2.45) is 0 Å². The molecular formula is C43H27N3O. The number of fused-ring (bicyclic) bond motifs is 3. The lowest BCUT2D eigenvalue weighted by Crippen LogP contribution is -2.06. The molecule has 2 heterocycles. The van der Waals surface area contributed by atoms with Crippen molar-refractivity contribution < 1.29 is 4.42 Å². The van der Waals surface area contributed by atoms with Gasteiger partial charge in [0.25, 0.3) is 0 Å². The first kappa shape index (κ1) is 26.1. The van der Waals surface area contributed by atoms with Gasteiger partial charge < -0.3 is 4.42 Å². The van der Waals surface area contributed by atoms with Crippen LogP contribution >= 0.6 is 0 Å². The Morgan fingerprint density at radius 1 is 0.511 bits per heavy atom. The van der Waals surface area contributed by atoms with Gasteiger partial charge in [0, 0.05) is 33.4 Å². The topological polar surface area (TPSA) is 51.8 Å². The Labute approximate surface area is 271 Å². The maximum absolute atomic E-state index is 6.45. The second-order valence-corrected chi connectivity index (χ2v) is 12.3. The zero-order valence-electron chi connectivity index (χ0n) is 25.4. The van der Waals surface area contributed by atoms with Crippen molar-refractivity contribution in [3.8, 4) is 45.3 Å². The summed E-state index contributed by atoms with van der Waals surface area (Å²) < 4.78 is 6.45. The Balaban J connectivity index is 1.20. The SMILES string of the molecule is C1=Cc2ccc3c(-c4ccc5oc6cccc(-c7nc(-c8ccccc8)nc(-c8ccccc8)n7)c6c5c4)ccc4c3c2C(C=C4)C1. The highest BCUT2D eigenvalue weighted by molar-refractivity contribution is 6.14. The standard InChI is InChI=1S/C43H27N3O/c1-3-9-29(10-4-1)41-44-42(30-11-5-2-6-12-30)46-43(45-41)34-15-8-16-37-40(34)35-25-31(21-24-36(35)47-37)32-22-19-28-18-17-26-13-7-14-27-20-23-33(32)39(28)38(26)27/h1-12,14-26H,13H2. The highest BCUT2D eigenvalue weighted by atomic mass is 16.3. The summed E-state index contributed by atoms with van der Waals surface area (Å²) in [6.45, 7) is 0. The Morgan fingerprint density at radius 3 is 2.04 bits per heavy atom. The van der Waals surface area contributed by atoms with Crippen LogP contribution in [0.1, 0.15) is 29.0 Å². The predicted octanol–water partition coefficient (Wildman–Crippen LogP) is 11.1. The minimum Gasteiger partial charge on any atom is -0.456 e. The van der Waals surface area contributed by atoms with Gasteiger partial charge in [0.05, 0.1) is 0 Å². The molecule has 2 aliphatic rings. The van der Waals surface area contributed by atoms with E-state index in [1.807, 2.05) is 72.8 Å². The molecule has 4 heteroatoms. The summed E-state index contributed by atoms with van der Waals surface area (Å²) in [5.41, 5.74) is 10.9. The summed E-state index contributed by atoms with van der Waals surface area (Å²) in [6.07, 6.45) is 10.3. The summed E-state index contributed by atoms with van der Waals surface area (Å²) in [7, 11) is 0. The maximum Gasteiger partial charge on any atom is 0.164 e. The fourth-order valence-electron chi connectivity index (χ4n) is 7.42. The number of hydrogen-bond donors (Lipinski definition) is 0. The van der Waals surface area contributed by atoms with Crippen LogP contribution < -0.4 is 0 Å². The average molecular weight is 602 g/mol. The molecule has 0 N–H and O–H groups in total. The first-order valence-corrected chi connectivity index (χ1v) is 16.1. The van der Waals surface area contributed by atoms with E-state index in [4.69, 9.17) is 19.4 Å². The van der Waals surface area contributed by atoms with Crippen molar-refractivity contribution >= 4 is 44.9 Å². The molecule has 10 rings (SSSR count). The molecule has 8 aromatic rings. The van der Waals surface area contributed by atoms with Crippen LogP contribution in [0, 0.1) is 0 Å². The smallest absolute Gasteiger partial charge is 0.164 e. The third-order valence-corrected chi connectivity index (χ3v) is 9.60. The van der Waals surface area contributed by atoms with Gasteiger partial charge >= 0.3 is 0 Å². The van der Waals surface area contributed by atoms with E-state index in [0.29, 0.717) is 23.4 Å². The van der Waals surface area contributed by atoms with Gasteiger partial charge in [-0.3, -0.25) is 0 Å². The van der Waals surface area contributed by atoms with Crippen LogP contribution in [0.2, 0.25) is 0 Å². The normalized spacial score (nSPS) is 14.8. The zero-order chi connectivity index (χ0) is 30.9. The molecule has 0 spiro atoms. The van der Waals surface area contributed by atoms with Crippen LogP contribution in [0.5, 0.6) is 0 Å². The van der Waals surface area contributed by atoms with Crippen LogP contribution in [-0.4, -0.2) is 15.0 Å². The number of hydrogen-bond acceptors (Lipinski definition) is 4. The summed E-state index contributed by atoms with van der Waals surface area (Å²) in [5, 5.41) is 4.71. The molecule has 0 aliphatic heterocycles. The number of furan rings is 1. The zero-order valence-corrected chi connectivity index (χ0v) is 25.4. The van der Waals surface area contributed by atoms with Gasteiger partial charge in [-0.05, 0) is 63.2 Å². The third kappa shape index (κ3) is 4.12. The largest absolute Gasteiger partial charge is 0.456 e. The van der Waals surface area contributed by atoms with Crippen molar-refractivity contribution in [1.29, 1.82) is 0 Å². The number of benzene rings is 6. The van der Waals surface area contributed by atoms with Crippen LogP contribution in [0.3, 0.4) is 0 Å². The Kier molecular flexibility index (Phi) is 5.67. The minimum atomic E-state index is 0.436. The lowest BCUT2D eigenvalue weighted by molar-refractivity contribution is 0.669. The van der Waals surface area contributed by atoms with Crippen LogP contribution in [0.25, 0.3) is 90.2 Å². The maximum atomic E-state index is 6.45. The molecule has 47 heavy (non-hydrogen) atoms. The molecule has 4 nitrogen and oxygen atoms in total. The first-order valence-electron chi connectivity index (χ1n) is 16.1. The van der Waals surface area contributed by atoms with E-state index in [-0.39, 0.29) is 0 Å². The average Bonchev–Trinajstić information content (AvgIpc) is 3.52. The van der Waals surface area contributed by atoms with Gasteiger partial charge in [-0.25, -0.2) is 15.0 Å². The molecule has 0 fully saturated rings. The Hall–Kier alpha value is -6.13. The summed E-state index contributed by atoms with van der Waals surface area (Å²) in [6, 6.07) is 42.0. The molecule has 1 atom stereocenters. The molecule has 1 unspecified atom stereocenters. The molecule has 6 aromatic carbocycles. The monoisotopic (exact) mass is 601 g/mol. The van der Waals surface area contributed by atoms with E-state index in [9.17, 15) is 0 Å². The first-order chi connectivity index (χ1) is 23.3. The molecule has 220 valence electrons. The summed E-state index contributed by atoms with van der Waals surface area (Å²) in [5.74, 6) is 2.33. The van der Waals surface area contributed by atoms with E-state index in [1.54, 1.807) is 0 Å². The van der Waals surface area contributed by atoms with Crippen molar-refractivity contribution in [2.45, 2.75) is 12.3 Å². The van der Waals surface area contributed by atoms with E-state index in [2.05, 4.69) is 72.8 Å². The van der Waals surface area contributed by atoms with Crippen LogP contribution in [-0.2, 0) is 0 Å². The second kappa shape index (κ2) is 10.2. The molecule has 2 aliphatic carbocycles. The summed E-state index contributed by atoms with van der Waals surface area (Å²) in [4.78, 5) is 15.0. The molecule has 0 amide bonds. The van der Waals surface area contributed by atoms with Crippen LogP contribution in [0.15, 0.2) is 138 Å². The van der Waals surface area contributed by atoms with Gasteiger partial charge in [0.1, 0.15) is 11.2 Å². The Bertz CT molecular complexity index is 2540. The van der Waals surface area contributed by atoms with Gasteiger partial charge in [-0.1, -0.05) is 127 Å². The minimum absolute atomic E-state index is 0.436. The number of allylic oxidation sites excluding steroid dienone is 2. The molecule has 0 saturated heterocycles. The fourth-order valence-corrected chi connectivity index (χ4v) is 7.42. The van der Waals surface area contributed by atoms with E-state index in [0.717, 1.165) is 50.6 Å². The third-order valence-electron chi connectivity index (χ3n) is 9.60. The molecule has 0 radical (unpaired) electrons. The Morgan fingerprint density at radius 2 is 1.26 bits per heavy atom. The number of rotatable bonds is 4.